The molecular weight excluding hydrogens is 314 g/mol. The number of carbonyl (C=O) groups excluding carboxylic acids is 1. The summed E-state index contributed by atoms with van der Waals surface area (Å²) in [7, 11) is 0. The molecule has 128 valence electrons. The van der Waals surface area contributed by atoms with Crippen LogP contribution in [0.4, 0.5) is 0 Å². The topological polar surface area (TPSA) is 67.0 Å². The summed E-state index contributed by atoms with van der Waals surface area (Å²) < 4.78 is 5.89. The van der Waals surface area contributed by atoms with Crippen LogP contribution in [-0.2, 0) is 0 Å². The predicted octanol–water partition coefficient (Wildman–Crippen LogP) is 4.19. The molecule has 2 aromatic heterocycles. The molecule has 1 fully saturated rings. The molecule has 1 aliphatic carbocycles. The third-order valence-corrected chi connectivity index (χ3v) is 4.85. The van der Waals surface area contributed by atoms with Gasteiger partial charge in [-0.1, -0.05) is 24.6 Å². The van der Waals surface area contributed by atoms with E-state index in [9.17, 15) is 4.79 Å². The molecule has 5 heteroatoms. The summed E-state index contributed by atoms with van der Waals surface area (Å²) >= 11 is 0. The maximum atomic E-state index is 12.6. The highest BCUT2D eigenvalue weighted by molar-refractivity contribution is 6.08. The first-order valence-corrected chi connectivity index (χ1v) is 8.70. The standard InChI is InChI=1S/C20H21N3O2/c1-13-10-21-18-17(13)16(19(24)22-11-14-6-5-7-14)12-23-20(18)25-15-8-3-2-4-9-15/h2-4,8-10,12,14,21H,5-7,11H2,1H3,(H,22,24). The van der Waals surface area contributed by atoms with Gasteiger partial charge in [-0.25, -0.2) is 4.98 Å². The van der Waals surface area contributed by atoms with Crippen molar-refractivity contribution in [3.05, 3.63) is 53.9 Å². The Hall–Kier alpha value is -2.82. The lowest BCUT2D eigenvalue weighted by Gasteiger charge is -2.25. The van der Waals surface area contributed by atoms with Gasteiger partial charge in [-0.15, -0.1) is 0 Å². The van der Waals surface area contributed by atoms with Crippen molar-refractivity contribution in [1.82, 2.24) is 15.3 Å². The van der Waals surface area contributed by atoms with Gasteiger partial charge in [0.1, 0.15) is 11.3 Å². The first-order valence-electron chi connectivity index (χ1n) is 8.70. The number of nitrogens with zero attached hydrogens (tertiary/aromatic N) is 1. The highest BCUT2D eigenvalue weighted by Gasteiger charge is 2.21. The number of ether oxygens (including phenoxy) is 1. The number of fused-ring (bicyclic) bond motifs is 1. The lowest BCUT2D eigenvalue weighted by atomic mass is 9.85. The van der Waals surface area contributed by atoms with Crippen LogP contribution < -0.4 is 10.1 Å². The fraction of sp³-hybridized carbons (Fsp3) is 0.300. The molecular formula is C20H21N3O2. The quantitative estimate of drug-likeness (QED) is 0.734. The molecule has 0 saturated heterocycles. The van der Waals surface area contributed by atoms with Crippen molar-refractivity contribution in [2.75, 3.05) is 6.54 Å². The van der Waals surface area contributed by atoms with Crippen LogP contribution in [0, 0.1) is 12.8 Å². The third-order valence-electron chi connectivity index (χ3n) is 4.85. The van der Waals surface area contributed by atoms with Crippen LogP contribution in [0.1, 0.15) is 35.2 Å². The van der Waals surface area contributed by atoms with Gasteiger partial charge in [0.15, 0.2) is 0 Å². The minimum absolute atomic E-state index is 0.0710. The minimum atomic E-state index is -0.0710. The van der Waals surface area contributed by atoms with Crippen LogP contribution in [-0.4, -0.2) is 22.4 Å². The van der Waals surface area contributed by atoms with Gasteiger partial charge in [0, 0.05) is 24.3 Å². The molecule has 0 spiro atoms. The molecule has 5 nitrogen and oxygen atoms in total. The van der Waals surface area contributed by atoms with Gasteiger partial charge in [-0.2, -0.15) is 0 Å². The first-order chi connectivity index (χ1) is 12.2. The predicted molar refractivity (Wildman–Crippen MR) is 97.0 cm³/mol. The van der Waals surface area contributed by atoms with Gasteiger partial charge in [0.25, 0.3) is 5.91 Å². The monoisotopic (exact) mass is 335 g/mol. The maximum Gasteiger partial charge on any atom is 0.253 e. The summed E-state index contributed by atoms with van der Waals surface area (Å²) in [5.41, 5.74) is 2.34. The summed E-state index contributed by atoms with van der Waals surface area (Å²) in [6.45, 7) is 2.72. The number of hydrogen-bond donors (Lipinski definition) is 2. The molecule has 1 aromatic carbocycles. The Labute approximate surface area is 146 Å². The van der Waals surface area contributed by atoms with Crippen LogP contribution in [0.15, 0.2) is 42.7 Å². The molecule has 3 aromatic rings. The van der Waals surface area contributed by atoms with Gasteiger partial charge in [-0.3, -0.25) is 4.79 Å². The lowest BCUT2D eigenvalue weighted by molar-refractivity contribution is 0.0940. The number of hydrogen-bond acceptors (Lipinski definition) is 3. The average Bonchev–Trinajstić information content (AvgIpc) is 2.97. The van der Waals surface area contributed by atoms with E-state index in [2.05, 4.69) is 15.3 Å². The Balaban J connectivity index is 1.63. The van der Waals surface area contributed by atoms with Gasteiger partial charge in [-0.05, 0) is 43.4 Å². The number of pyridine rings is 1. The largest absolute Gasteiger partial charge is 0.437 e. The molecule has 2 N–H and O–H groups in total. The van der Waals surface area contributed by atoms with E-state index >= 15 is 0 Å². The second kappa shape index (κ2) is 6.59. The van der Waals surface area contributed by atoms with E-state index in [4.69, 9.17) is 4.74 Å². The molecule has 0 aliphatic heterocycles. The fourth-order valence-electron chi connectivity index (χ4n) is 3.17. The maximum absolute atomic E-state index is 12.6. The second-order valence-electron chi connectivity index (χ2n) is 6.62. The van der Waals surface area contributed by atoms with Crippen molar-refractivity contribution in [2.45, 2.75) is 26.2 Å². The van der Waals surface area contributed by atoms with Gasteiger partial charge in [0.2, 0.25) is 5.88 Å². The first kappa shape index (κ1) is 15.7. The molecule has 4 rings (SSSR count). The normalized spacial score (nSPS) is 14.3. The number of aromatic amines is 1. The minimum Gasteiger partial charge on any atom is -0.437 e. The van der Waals surface area contributed by atoms with Crippen molar-refractivity contribution >= 4 is 16.8 Å². The molecule has 25 heavy (non-hydrogen) atoms. The number of aromatic nitrogens is 2. The van der Waals surface area contributed by atoms with Gasteiger partial charge in [0.05, 0.1) is 5.56 Å². The van der Waals surface area contributed by atoms with E-state index in [1.165, 1.54) is 19.3 Å². The summed E-state index contributed by atoms with van der Waals surface area (Å²) in [4.78, 5) is 20.2. The van der Waals surface area contributed by atoms with Crippen molar-refractivity contribution in [3.63, 3.8) is 0 Å². The number of benzene rings is 1. The van der Waals surface area contributed by atoms with Crippen LogP contribution >= 0.6 is 0 Å². The molecule has 0 atom stereocenters. The molecule has 1 saturated carbocycles. The number of aryl methyl sites for hydroxylation is 1. The lowest BCUT2D eigenvalue weighted by Crippen LogP contribution is -2.32. The van der Waals surface area contributed by atoms with E-state index in [1.807, 2.05) is 43.5 Å². The molecule has 1 aliphatic rings. The molecule has 0 radical (unpaired) electrons. The van der Waals surface area contributed by atoms with Crippen molar-refractivity contribution in [3.8, 4) is 11.6 Å². The summed E-state index contributed by atoms with van der Waals surface area (Å²) in [5.74, 6) is 1.74. The number of nitrogens with one attached hydrogen (secondary N) is 2. The molecule has 1 amide bonds. The summed E-state index contributed by atoms with van der Waals surface area (Å²) in [6.07, 6.45) is 7.18. The van der Waals surface area contributed by atoms with Crippen molar-refractivity contribution in [2.24, 2.45) is 5.92 Å². The van der Waals surface area contributed by atoms with Crippen molar-refractivity contribution < 1.29 is 9.53 Å². The van der Waals surface area contributed by atoms with Crippen LogP contribution in [0.3, 0.4) is 0 Å². The number of H-pyrrole nitrogens is 1. The zero-order chi connectivity index (χ0) is 17.2. The van der Waals surface area contributed by atoms with Gasteiger partial charge < -0.3 is 15.0 Å². The Bertz CT molecular complexity index is 898. The highest BCUT2D eigenvalue weighted by Crippen LogP contribution is 2.31. The zero-order valence-corrected chi connectivity index (χ0v) is 14.2. The molecule has 0 unspecified atom stereocenters. The SMILES string of the molecule is Cc1c[nH]c2c(Oc3ccccc3)ncc(C(=O)NCC3CCC3)c12. The zero-order valence-electron chi connectivity index (χ0n) is 14.2. The highest BCUT2D eigenvalue weighted by atomic mass is 16.5. The Morgan fingerprint density at radius 2 is 2.12 bits per heavy atom. The number of para-hydroxylation sites is 1. The molecule has 0 bridgehead atoms. The smallest absolute Gasteiger partial charge is 0.253 e. The van der Waals surface area contributed by atoms with Crippen LogP contribution in [0.2, 0.25) is 0 Å². The van der Waals surface area contributed by atoms with E-state index in [0.29, 0.717) is 23.1 Å². The van der Waals surface area contributed by atoms with Crippen LogP contribution in [0.5, 0.6) is 11.6 Å². The Kier molecular flexibility index (Phi) is 4.14. The Morgan fingerprint density at radius 1 is 1.32 bits per heavy atom. The third kappa shape index (κ3) is 3.09. The van der Waals surface area contributed by atoms with E-state index < -0.39 is 0 Å². The number of amides is 1. The number of carbonyl (C=O) groups is 1. The van der Waals surface area contributed by atoms with Gasteiger partial charge >= 0.3 is 0 Å². The van der Waals surface area contributed by atoms with E-state index in [1.54, 1.807) is 6.20 Å². The Morgan fingerprint density at radius 3 is 2.84 bits per heavy atom. The van der Waals surface area contributed by atoms with E-state index in [0.717, 1.165) is 23.0 Å². The molecule has 2 heterocycles. The average molecular weight is 335 g/mol. The summed E-state index contributed by atoms with van der Waals surface area (Å²) in [5, 5.41) is 3.91. The van der Waals surface area contributed by atoms with Crippen LogP contribution in [0.25, 0.3) is 10.9 Å². The summed E-state index contributed by atoms with van der Waals surface area (Å²) in [6, 6.07) is 9.51. The van der Waals surface area contributed by atoms with E-state index in [-0.39, 0.29) is 5.91 Å². The number of rotatable bonds is 5. The second-order valence-corrected chi connectivity index (χ2v) is 6.62. The van der Waals surface area contributed by atoms with Crippen molar-refractivity contribution in [1.29, 1.82) is 0 Å². The fourth-order valence-corrected chi connectivity index (χ4v) is 3.17.